The Hall–Kier alpha value is -1.65. The standard InChI is InChI=1S/C10H12FN4/c1-8(2)15-4-3-10(13-15)9-5-12-14(6-9)7-11/h4-6,8H,7H2,1-2H3. The number of hydrogen-bond acceptors (Lipinski definition) is 2. The van der Waals surface area contributed by atoms with Crippen LogP contribution in [0.5, 0.6) is 0 Å². The molecule has 2 aromatic rings. The Morgan fingerprint density at radius 3 is 2.87 bits per heavy atom. The number of halogens is 1. The lowest BCUT2D eigenvalue weighted by Gasteiger charge is -2.02. The fourth-order valence-electron chi connectivity index (χ4n) is 1.26. The van der Waals surface area contributed by atoms with Gasteiger partial charge >= 0.3 is 0 Å². The molecule has 79 valence electrons. The van der Waals surface area contributed by atoms with Gasteiger partial charge in [0.05, 0.1) is 6.20 Å². The van der Waals surface area contributed by atoms with Crippen molar-refractivity contribution in [2.24, 2.45) is 0 Å². The van der Waals surface area contributed by atoms with E-state index < -0.39 is 6.80 Å². The van der Waals surface area contributed by atoms with E-state index in [2.05, 4.69) is 16.3 Å². The Morgan fingerprint density at radius 1 is 1.53 bits per heavy atom. The highest BCUT2D eigenvalue weighted by molar-refractivity contribution is 5.55. The quantitative estimate of drug-likeness (QED) is 0.772. The van der Waals surface area contributed by atoms with Crippen LogP contribution in [-0.2, 0) is 6.80 Å². The van der Waals surface area contributed by atoms with Gasteiger partial charge < -0.3 is 0 Å². The third-order valence-electron chi connectivity index (χ3n) is 2.11. The van der Waals surface area contributed by atoms with E-state index in [0.717, 1.165) is 5.56 Å². The van der Waals surface area contributed by atoms with Gasteiger partial charge in [0, 0.05) is 30.1 Å². The van der Waals surface area contributed by atoms with Crippen molar-refractivity contribution < 1.29 is 4.39 Å². The molecule has 0 amide bonds. The molecule has 0 aromatic carbocycles. The van der Waals surface area contributed by atoms with E-state index in [4.69, 9.17) is 0 Å². The second-order valence-electron chi connectivity index (χ2n) is 3.58. The molecule has 0 aliphatic heterocycles. The average molecular weight is 207 g/mol. The summed E-state index contributed by atoms with van der Waals surface area (Å²) >= 11 is 0. The van der Waals surface area contributed by atoms with Crippen molar-refractivity contribution in [1.29, 1.82) is 0 Å². The van der Waals surface area contributed by atoms with Crippen molar-refractivity contribution in [2.75, 3.05) is 0 Å². The lowest BCUT2D eigenvalue weighted by molar-refractivity contribution is 0.350. The molecule has 1 radical (unpaired) electrons. The van der Waals surface area contributed by atoms with Crippen LogP contribution in [0, 0.1) is 6.07 Å². The molecular weight excluding hydrogens is 195 g/mol. The molecular formula is C10H12FN4. The summed E-state index contributed by atoms with van der Waals surface area (Å²) in [4.78, 5) is 0. The lowest BCUT2D eigenvalue weighted by atomic mass is 10.3. The summed E-state index contributed by atoms with van der Waals surface area (Å²) in [7, 11) is 0. The molecule has 0 N–H and O–H groups in total. The van der Waals surface area contributed by atoms with Crippen molar-refractivity contribution in [3.63, 3.8) is 0 Å². The number of nitrogens with zero attached hydrogens (tertiary/aromatic N) is 4. The van der Waals surface area contributed by atoms with Crippen molar-refractivity contribution in [2.45, 2.75) is 26.7 Å². The van der Waals surface area contributed by atoms with E-state index in [1.807, 2.05) is 18.5 Å². The number of alkyl halides is 1. The molecule has 0 aliphatic rings. The largest absolute Gasteiger partial charge is 0.269 e. The zero-order valence-electron chi connectivity index (χ0n) is 8.68. The molecule has 4 nitrogen and oxygen atoms in total. The molecule has 0 spiro atoms. The molecule has 0 bridgehead atoms. The molecule has 2 heterocycles. The molecule has 0 atom stereocenters. The summed E-state index contributed by atoms with van der Waals surface area (Å²) in [5, 5.41) is 8.15. The fourth-order valence-corrected chi connectivity index (χ4v) is 1.26. The predicted octanol–water partition coefficient (Wildman–Crippen LogP) is 2.05. The van der Waals surface area contributed by atoms with Crippen LogP contribution >= 0.6 is 0 Å². The third kappa shape index (κ3) is 1.91. The maximum Gasteiger partial charge on any atom is 0.181 e. The van der Waals surface area contributed by atoms with Crippen LogP contribution < -0.4 is 0 Å². The van der Waals surface area contributed by atoms with E-state index in [1.54, 1.807) is 18.6 Å². The van der Waals surface area contributed by atoms with Gasteiger partial charge in [0.25, 0.3) is 0 Å². The second-order valence-corrected chi connectivity index (χ2v) is 3.58. The Bertz CT molecular complexity index is 444. The third-order valence-corrected chi connectivity index (χ3v) is 2.11. The van der Waals surface area contributed by atoms with Crippen molar-refractivity contribution in [3.8, 4) is 11.3 Å². The first-order chi connectivity index (χ1) is 7.20. The maximum atomic E-state index is 12.3. The summed E-state index contributed by atoms with van der Waals surface area (Å²) in [5.41, 5.74) is 1.48. The van der Waals surface area contributed by atoms with Crippen LogP contribution in [0.25, 0.3) is 11.3 Å². The van der Waals surface area contributed by atoms with Gasteiger partial charge in [-0.15, -0.1) is 0 Å². The Kier molecular flexibility index (Phi) is 2.53. The first-order valence-electron chi connectivity index (χ1n) is 4.76. The Balaban J connectivity index is 2.28. The van der Waals surface area contributed by atoms with Gasteiger partial charge in [-0.2, -0.15) is 10.2 Å². The summed E-state index contributed by atoms with van der Waals surface area (Å²) < 4.78 is 15.3. The monoisotopic (exact) mass is 207 g/mol. The van der Waals surface area contributed by atoms with Crippen LogP contribution in [0.4, 0.5) is 4.39 Å². The second kappa shape index (κ2) is 3.84. The zero-order chi connectivity index (χ0) is 10.8. The van der Waals surface area contributed by atoms with Crippen LogP contribution in [0.15, 0.2) is 18.6 Å². The molecule has 0 fully saturated rings. The highest BCUT2D eigenvalue weighted by atomic mass is 19.1. The summed E-state index contributed by atoms with van der Waals surface area (Å²) in [5.74, 6) is 0. The Labute approximate surface area is 87.3 Å². The molecule has 5 heteroatoms. The Morgan fingerprint density at radius 2 is 2.33 bits per heavy atom. The molecule has 0 aliphatic carbocycles. The minimum atomic E-state index is -0.620. The summed E-state index contributed by atoms with van der Waals surface area (Å²) in [6.07, 6.45) is 4.99. The molecule has 15 heavy (non-hydrogen) atoms. The van der Waals surface area contributed by atoms with Crippen LogP contribution in [0.2, 0.25) is 0 Å². The normalized spacial score (nSPS) is 11.2. The van der Waals surface area contributed by atoms with E-state index in [0.29, 0.717) is 11.7 Å². The highest BCUT2D eigenvalue weighted by Crippen LogP contribution is 2.16. The van der Waals surface area contributed by atoms with E-state index in [-0.39, 0.29) is 0 Å². The predicted molar refractivity (Wildman–Crippen MR) is 53.8 cm³/mol. The van der Waals surface area contributed by atoms with Gasteiger partial charge in [0.2, 0.25) is 0 Å². The topological polar surface area (TPSA) is 35.6 Å². The minimum absolute atomic E-state index is 0.297. The molecule has 2 aromatic heterocycles. The number of rotatable bonds is 3. The smallest absolute Gasteiger partial charge is 0.181 e. The minimum Gasteiger partial charge on any atom is -0.269 e. The zero-order valence-corrected chi connectivity index (χ0v) is 8.68. The van der Waals surface area contributed by atoms with Gasteiger partial charge in [-0.3, -0.25) is 4.68 Å². The van der Waals surface area contributed by atoms with E-state index in [1.165, 1.54) is 4.68 Å². The summed E-state index contributed by atoms with van der Waals surface area (Å²) in [6.45, 7) is 3.45. The summed E-state index contributed by atoms with van der Waals surface area (Å²) in [6, 6.07) is 3.31. The number of aromatic nitrogens is 4. The van der Waals surface area contributed by atoms with Gasteiger partial charge in [-0.25, -0.2) is 9.07 Å². The van der Waals surface area contributed by atoms with Gasteiger partial charge in [-0.1, -0.05) is 0 Å². The highest BCUT2D eigenvalue weighted by Gasteiger charge is 2.07. The average Bonchev–Trinajstić information content (AvgIpc) is 2.86. The molecule has 0 saturated heterocycles. The van der Waals surface area contributed by atoms with Crippen molar-refractivity contribution >= 4 is 0 Å². The van der Waals surface area contributed by atoms with Gasteiger partial charge in [0.1, 0.15) is 5.69 Å². The van der Waals surface area contributed by atoms with Gasteiger partial charge in [-0.05, 0) is 13.8 Å². The molecule has 2 rings (SSSR count). The van der Waals surface area contributed by atoms with Crippen LogP contribution in [0.3, 0.4) is 0 Å². The lowest BCUT2D eigenvalue weighted by Crippen LogP contribution is -2.00. The van der Waals surface area contributed by atoms with E-state index >= 15 is 0 Å². The van der Waals surface area contributed by atoms with E-state index in [9.17, 15) is 4.39 Å². The van der Waals surface area contributed by atoms with Crippen LogP contribution in [-0.4, -0.2) is 19.6 Å². The van der Waals surface area contributed by atoms with Gasteiger partial charge in [0.15, 0.2) is 6.80 Å². The maximum absolute atomic E-state index is 12.3. The van der Waals surface area contributed by atoms with Crippen LogP contribution in [0.1, 0.15) is 19.9 Å². The fraction of sp³-hybridized carbons (Fsp3) is 0.400. The molecule has 0 saturated carbocycles. The van der Waals surface area contributed by atoms with Crippen molar-refractivity contribution in [1.82, 2.24) is 19.6 Å². The molecule has 0 unspecified atom stereocenters. The SMILES string of the molecule is CC(C)n1c[c]c(-c2cnn(CF)c2)n1. The first-order valence-corrected chi connectivity index (χ1v) is 4.76. The number of hydrogen-bond donors (Lipinski definition) is 0. The van der Waals surface area contributed by atoms with Crippen molar-refractivity contribution in [3.05, 3.63) is 24.7 Å². The first kappa shape index (κ1) is 9.89.